The molecule has 0 aromatic carbocycles. The molecule has 1 aromatic heterocycles. The Morgan fingerprint density at radius 3 is 3.12 bits per heavy atom. The average molecular weight is 298 g/mol. The summed E-state index contributed by atoms with van der Waals surface area (Å²) in [6.45, 7) is 4.05. The van der Waals surface area contributed by atoms with Gasteiger partial charge in [0, 0.05) is 23.3 Å². The normalized spacial score (nSPS) is 19.9. The van der Waals surface area contributed by atoms with Crippen molar-refractivity contribution in [3.63, 3.8) is 0 Å². The van der Waals surface area contributed by atoms with Gasteiger partial charge in [0.2, 0.25) is 0 Å². The van der Waals surface area contributed by atoms with Gasteiger partial charge >= 0.3 is 0 Å². The highest BCUT2D eigenvalue weighted by atomic mass is 79.9. The lowest BCUT2D eigenvalue weighted by atomic mass is 10.1. The third-order valence-electron chi connectivity index (χ3n) is 3.41. The minimum absolute atomic E-state index is 0.630. The van der Waals surface area contributed by atoms with E-state index < -0.39 is 0 Å². The van der Waals surface area contributed by atoms with Crippen molar-refractivity contribution in [1.82, 2.24) is 4.98 Å². The SMILES string of the molecule is Cc1cc(Br)cnc1N1CCCC1CCCN. The second-order valence-corrected chi connectivity index (χ2v) is 5.63. The smallest absolute Gasteiger partial charge is 0.131 e. The summed E-state index contributed by atoms with van der Waals surface area (Å²) in [6, 6.07) is 2.77. The molecule has 1 atom stereocenters. The standard InChI is InChI=1S/C13H20BrN3/c1-10-8-11(14)9-16-13(10)17-7-3-5-12(17)4-2-6-15/h8-9,12H,2-7,15H2,1H3. The summed E-state index contributed by atoms with van der Waals surface area (Å²) >= 11 is 3.46. The molecule has 2 heterocycles. The Bertz CT molecular complexity index is 381. The molecule has 0 radical (unpaired) electrons. The minimum Gasteiger partial charge on any atom is -0.353 e. The van der Waals surface area contributed by atoms with E-state index in [1.54, 1.807) is 0 Å². The maximum Gasteiger partial charge on any atom is 0.131 e. The van der Waals surface area contributed by atoms with Gasteiger partial charge in [-0.1, -0.05) is 0 Å². The van der Waals surface area contributed by atoms with E-state index in [9.17, 15) is 0 Å². The predicted octanol–water partition coefficient (Wildman–Crippen LogP) is 2.86. The van der Waals surface area contributed by atoms with E-state index in [2.05, 4.69) is 38.8 Å². The van der Waals surface area contributed by atoms with Gasteiger partial charge in [0.15, 0.2) is 0 Å². The van der Waals surface area contributed by atoms with Crippen LogP contribution in [0.1, 0.15) is 31.2 Å². The molecule has 17 heavy (non-hydrogen) atoms. The summed E-state index contributed by atoms with van der Waals surface area (Å²) in [5, 5.41) is 0. The molecule has 0 saturated carbocycles. The number of aryl methyl sites for hydroxylation is 1. The van der Waals surface area contributed by atoms with Crippen LogP contribution in [-0.4, -0.2) is 24.1 Å². The van der Waals surface area contributed by atoms with Crippen molar-refractivity contribution < 1.29 is 0 Å². The second-order valence-electron chi connectivity index (χ2n) is 4.71. The molecule has 3 nitrogen and oxygen atoms in total. The molecule has 1 aliphatic heterocycles. The number of nitrogens with two attached hydrogens (primary N) is 1. The molecule has 94 valence electrons. The summed E-state index contributed by atoms with van der Waals surface area (Å²) in [7, 11) is 0. The number of aromatic nitrogens is 1. The molecule has 0 spiro atoms. The van der Waals surface area contributed by atoms with E-state index in [-0.39, 0.29) is 0 Å². The van der Waals surface area contributed by atoms with E-state index in [4.69, 9.17) is 5.73 Å². The van der Waals surface area contributed by atoms with E-state index in [1.807, 2.05) is 6.20 Å². The molecule has 1 fully saturated rings. The van der Waals surface area contributed by atoms with E-state index >= 15 is 0 Å². The van der Waals surface area contributed by atoms with Crippen LogP contribution >= 0.6 is 15.9 Å². The van der Waals surface area contributed by atoms with Crippen LogP contribution in [0, 0.1) is 6.92 Å². The number of halogens is 1. The Morgan fingerprint density at radius 1 is 1.59 bits per heavy atom. The van der Waals surface area contributed by atoms with Crippen LogP contribution in [0.25, 0.3) is 0 Å². The van der Waals surface area contributed by atoms with Gasteiger partial charge in [-0.3, -0.25) is 0 Å². The first kappa shape index (κ1) is 12.8. The predicted molar refractivity (Wildman–Crippen MR) is 75.3 cm³/mol. The highest BCUT2D eigenvalue weighted by Gasteiger charge is 2.25. The fraction of sp³-hybridized carbons (Fsp3) is 0.615. The molecule has 4 heteroatoms. The molecule has 0 bridgehead atoms. The minimum atomic E-state index is 0.630. The van der Waals surface area contributed by atoms with Gasteiger partial charge in [-0.25, -0.2) is 4.98 Å². The van der Waals surface area contributed by atoms with Gasteiger partial charge in [-0.15, -0.1) is 0 Å². The van der Waals surface area contributed by atoms with Crippen LogP contribution in [0.4, 0.5) is 5.82 Å². The topological polar surface area (TPSA) is 42.2 Å². The lowest BCUT2D eigenvalue weighted by Crippen LogP contribution is -2.31. The summed E-state index contributed by atoms with van der Waals surface area (Å²) in [6.07, 6.45) is 6.73. The van der Waals surface area contributed by atoms with Crippen LogP contribution in [0.2, 0.25) is 0 Å². The molecule has 1 unspecified atom stereocenters. The molecule has 2 rings (SSSR count). The van der Waals surface area contributed by atoms with Crippen molar-refractivity contribution in [2.45, 2.75) is 38.6 Å². The van der Waals surface area contributed by atoms with Gasteiger partial charge in [0.25, 0.3) is 0 Å². The van der Waals surface area contributed by atoms with Crippen molar-refractivity contribution in [2.75, 3.05) is 18.0 Å². The van der Waals surface area contributed by atoms with Crippen LogP contribution in [0.3, 0.4) is 0 Å². The Morgan fingerprint density at radius 2 is 2.41 bits per heavy atom. The largest absolute Gasteiger partial charge is 0.353 e. The van der Waals surface area contributed by atoms with Gasteiger partial charge < -0.3 is 10.6 Å². The van der Waals surface area contributed by atoms with Crippen LogP contribution < -0.4 is 10.6 Å². The molecular formula is C13H20BrN3. The fourth-order valence-corrected chi connectivity index (χ4v) is 3.05. The van der Waals surface area contributed by atoms with Crippen molar-refractivity contribution in [2.24, 2.45) is 5.73 Å². The first-order chi connectivity index (χ1) is 8.22. The summed E-state index contributed by atoms with van der Waals surface area (Å²) in [5.74, 6) is 1.15. The molecular weight excluding hydrogens is 278 g/mol. The van der Waals surface area contributed by atoms with Crippen LogP contribution in [0.5, 0.6) is 0 Å². The molecule has 0 aliphatic carbocycles. The zero-order valence-electron chi connectivity index (χ0n) is 10.3. The van der Waals surface area contributed by atoms with Gasteiger partial charge in [0.1, 0.15) is 5.82 Å². The Balaban J connectivity index is 2.14. The third kappa shape index (κ3) is 2.99. The van der Waals surface area contributed by atoms with Crippen molar-refractivity contribution in [1.29, 1.82) is 0 Å². The summed E-state index contributed by atoms with van der Waals surface area (Å²) in [5.41, 5.74) is 6.85. The quantitative estimate of drug-likeness (QED) is 0.929. The monoisotopic (exact) mass is 297 g/mol. The van der Waals surface area contributed by atoms with Crippen molar-refractivity contribution >= 4 is 21.7 Å². The van der Waals surface area contributed by atoms with Gasteiger partial charge in [-0.2, -0.15) is 0 Å². The maximum absolute atomic E-state index is 5.60. The first-order valence-electron chi connectivity index (χ1n) is 6.31. The second kappa shape index (κ2) is 5.83. The Hall–Kier alpha value is -0.610. The molecule has 2 N–H and O–H groups in total. The molecule has 0 amide bonds. The number of anilines is 1. The number of hydrogen-bond donors (Lipinski definition) is 1. The van der Waals surface area contributed by atoms with E-state index in [1.165, 1.54) is 24.8 Å². The lowest BCUT2D eigenvalue weighted by Gasteiger charge is -2.27. The van der Waals surface area contributed by atoms with E-state index in [0.29, 0.717) is 6.04 Å². The molecule has 1 aromatic rings. The number of hydrogen-bond acceptors (Lipinski definition) is 3. The first-order valence-corrected chi connectivity index (χ1v) is 7.10. The number of rotatable bonds is 4. The summed E-state index contributed by atoms with van der Waals surface area (Å²) in [4.78, 5) is 7.02. The van der Waals surface area contributed by atoms with Crippen LogP contribution in [-0.2, 0) is 0 Å². The Labute approximate surface area is 112 Å². The zero-order chi connectivity index (χ0) is 12.3. The van der Waals surface area contributed by atoms with Crippen molar-refractivity contribution in [3.8, 4) is 0 Å². The van der Waals surface area contributed by atoms with Crippen LogP contribution in [0.15, 0.2) is 16.7 Å². The Kier molecular flexibility index (Phi) is 4.40. The average Bonchev–Trinajstić information content (AvgIpc) is 2.74. The zero-order valence-corrected chi connectivity index (χ0v) is 11.9. The molecule has 1 aliphatic rings. The number of pyridine rings is 1. The fourth-order valence-electron chi connectivity index (χ4n) is 2.60. The summed E-state index contributed by atoms with van der Waals surface area (Å²) < 4.78 is 1.05. The highest BCUT2D eigenvalue weighted by Crippen LogP contribution is 2.29. The highest BCUT2D eigenvalue weighted by molar-refractivity contribution is 9.10. The number of nitrogens with zero attached hydrogens (tertiary/aromatic N) is 2. The van der Waals surface area contributed by atoms with E-state index in [0.717, 1.165) is 29.8 Å². The van der Waals surface area contributed by atoms with Crippen molar-refractivity contribution in [3.05, 3.63) is 22.3 Å². The lowest BCUT2D eigenvalue weighted by molar-refractivity contribution is 0.581. The maximum atomic E-state index is 5.60. The van der Waals surface area contributed by atoms with Gasteiger partial charge in [0.05, 0.1) is 0 Å². The third-order valence-corrected chi connectivity index (χ3v) is 3.84. The van der Waals surface area contributed by atoms with Gasteiger partial charge in [-0.05, 0) is 66.7 Å². The molecule has 1 saturated heterocycles.